The zero-order valence-corrected chi connectivity index (χ0v) is 23.0. The lowest BCUT2D eigenvalue weighted by atomic mass is 9.82. The maximum Gasteiger partial charge on any atom is 0.339 e. The molecular formula is C28H32ClN3O3S. The summed E-state index contributed by atoms with van der Waals surface area (Å²) in [5.74, 6) is 1.11. The summed E-state index contributed by atoms with van der Waals surface area (Å²) in [4.78, 5) is 4.95. The average molecular weight is 526 g/mol. The van der Waals surface area contributed by atoms with Gasteiger partial charge < -0.3 is 9.50 Å². The Morgan fingerprint density at radius 1 is 0.972 bits per heavy atom. The van der Waals surface area contributed by atoms with Crippen LogP contribution in [0.15, 0.2) is 71.8 Å². The van der Waals surface area contributed by atoms with Gasteiger partial charge in [-0.2, -0.15) is 8.42 Å². The minimum Gasteiger partial charge on any atom is -0.379 e. The van der Waals surface area contributed by atoms with E-state index in [1.807, 2.05) is 31.3 Å². The Kier molecular flexibility index (Phi) is 6.84. The normalized spacial score (nSPS) is 12.6. The first kappa shape index (κ1) is 26.0. The number of nitrogens with one attached hydrogen (secondary N) is 1. The predicted octanol–water partition coefficient (Wildman–Crippen LogP) is 7.36. The SMILES string of the molecule is Cc1ccn2c(NC(C)(C)CC(C)(C)C)c(-c3ccc(OS(=O)(=O)c4ccc(Cl)cc4)cc3)nc2c1. The zero-order chi connectivity index (χ0) is 26.3. The van der Waals surface area contributed by atoms with Crippen LogP contribution < -0.4 is 9.50 Å². The molecule has 0 amide bonds. The van der Waals surface area contributed by atoms with Gasteiger partial charge in [-0.25, -0.2) is 4.98 Å². The van der Waals surface area contributed by atoms with Gasteiger partial charge in [-0.3, -0.25) is 4.40 Å². The van der Waals surface area contributed by atoms with E-state index in [0.29, 0.717) is 5.02 Å². The lowest BCUT2D eigenvalue weighted by Crippen LogP contribution is -2.36. The van der Waals surface area contributed by atoms with Gasteiger partial charge in [0.15, 0.2) is 0 Å². The van der Waals surface area contributed by atoms with Crippen LogP contribution in [0.4, 0.5) is 5.82 Å². The molecule has 0 aliphatic heterocycles. The Labute approximate surface area is 218 Å². The van der Waals surface area contributed by atoms with Gasteiger partial charge in [-0.15, -0.1) is 0 Å². The van der Waals surface area contributed by atoms with Crippen molar-refractivity contribution in [3.63, 3.8) is 0 Å². The van der Waals surface area contributed by atoms with Crippen molar-refractivity contribution in [2.45, 2.75) is 58.4 Å². The van der Waals surface area contributed by atoms with Crippen molar-refractivity contribution in [1.82, 2.24) is 9.38 Å². The Morgan fingerprint density at radius 2 is 1.61 bits per heavy atom. The number of pyridine rings is 1. The summed E-state index contributed by atoms with van der Waals surface area (Å²) >= 11 is 5.87. The molecule has 0 unspecified atom stereocenters. The van der Waals surface area contributed by atoms with Crippen molar-refractivity contribution in [3.8, 4) is 17.0 Å². The zero-order valence-electron chi connectivity index (χ0n) is 21.5. The minimum absolute atomic E-state index is 0.0410. The van der Waals surface area contributed by atoms with Gasteiger partial charge in [-0.1, -0.05) is 32.4 Å². The number of hydrogen-bond acceptors (Lipinski definition) is 5. The summed E-state index contributed by atoms with van der Waals surface area (Å²) in [6.45, 7) is 13.1. The first-order valence-electron chi connectivity index (χ1n) is 11.8. The fraction of sp³-hybridized carbons (Fsp3) is 0.321. The molecule has 190 valence electrons. The fourth-order valence-electron chi connectivity index (χ4n) is 4.60. The second-order valence-corrected chi connectivity index (χ2v) is 13.0. The molecule has 0 spiro atoms. The monoisotopic (exact) mass is 525 g/mol. The first-order valence-corrected chi connectivity index (χ1v) is 13.6. The molecule has 36 heavy (non-hydrogen) atoms. The number of fused-ring (bicyclic) bond motifs is 1. The number of nitrogens with zero attached hydrogens (tertiary/aromatic N) is 2. The molecule has 0 saturated heterocycles. The number of rotatable bonds is 7. The molecule has 8 heteroatoms. The van der Waals surface area contributed by atoms with Crippen LogP contribution in [0.3, 0.4) is 0 Å². The lowest BCUT2D eigenvalue weighted by molar-refractivity contribution is 0.302. The topological polar surface area (TPSA) is 72.7 Å². The predicted molar refractivity (Wildman–Crippen MR) is 146 cm³/mol. The first-order chi connectivity index (χ1) is 16.7. The summed E-state index contributed by atoms with van der Waals surface area (Å²) in [6.07, 6.45) is 2.97. The van der Waals surface area contributed by atoms with E-state index in [2.05, 4.69) is 50.4 Å². The van der Waals surface area contributed by atoms with Crippen molar-refractivity contribution in [1.29, 1.82) is 0 Å². The van der Waals surface area contributed by atoms with E-state index >= 15 is 0 Å². The molecule has 4 aromatic rings. The smallest absolute Gasteiger partial charge is 0.339 e. The van der Waals surface area contributed by atoms with Crippen LogP contribution in [0.5, 0.6) is 5.75 Å². The third kappa shape index (κ3) is 6.02. The van der Waals surface area contributed by atoms with Crippen LogP contribution in [0, 0.1) is 12.3 Å². The van der Waals surface area contributed by atoms with Crippen LogP contribution in [-0.4, -0.2) is 23.3 Å². The molecule has 0 fully saturated rings. The van der Waals surface area contributed by atoms with Gasteiger partial charge in [-0.05, 0) is 98.8 Å². The second kappa shape index (κ2) is 9.45. The highest BCUT2D eigenvalue weighted by Crippen LogP contribution is 2.35. The molecule has 4 rings (SSSR count). The molecule has 0 saturated carbocycles. The number of imidazole rings is 1. The highest BCUT2D eigenvalue weighted by Gasteiger charge is 2.28. The number of hydrogen-bond donors (Lipinski definition) is 1. The highest BCUT2D eigenvalue weighted by atomic mass is 35.5. The Bertz CT molecular complexity index is 1480. The van der Waals surface area contributed by atoms with E-state index in [9.17, 15) is 8.42 Å². The van der Waals surface area contributed by atoms with E-state index in [4.69, 9.17) is 20.8 Å². The van der Waals surface area contributed by atoms with Gasteiger partial charge in [0, 0.05) is 22.3 Å². The standard InChI is InChI=1S/C28H32ClN3O3S/c1-19-15-16-32-24(17-19)30-25(26(32)31-28(5,6)18-27(2,3)4)20-7-11-22(12-8-20)35-36(33,34)23-13-9-21(29)10-14-23/h7-17,31H,18H2,1-6H3. The average Bonchev–Trinajstić information content (AvgIpc) is 3.09. The van der Waals surface area contributed by atoms with Crippen molar-refractivity contribution >= 4 is 33.2 Å². The number of benzene rings is 2. The second-order valence-electron chi connectivity index (χ2n) is 11.0. The van der Waals surface area contributed by atoms with Crippen molar-refractivity contribution in [2.75, 3.05) is 5.32 Å². The maximum absolute atomic E-state index is 12.7. The third-order valence-electron chi connectivity index (χ3n) is 5.65. The maximum atomic E-state index is 12.7. The molecule has 0 atom stereocenters. The summed E-state index contributed by atoms with van der Waals surface area (Å²) in [5, 5.41) is 4.18. The molecule has 0 aliphatic rings. The van der Waals surface area contributed by atoms with Crippen molar-refractivity contribution in [2.24, 2.45) is 5.41 Å². The molecule has 2 heterocycles. The Balaban J connectivity index is 1.68. The molecule has 2 aromatic carbocycles. The van der Waals surface area contributed by atoms with E-state index in [1.165, 1.54) is 24.3 Å². The van der Waals surface area contributed by atoms with Crippen molar-refractivity contribution < 1.29 is 12.6 Å². The largest absolute Gasteiger partial charge is 0.379 e. The molecule has 6 nitrogen and oxygen atoms in total. The molecule has 0 bridgehead atoms. The minimum atomic E-state index is -3.97. The van der Waals surface area contributed by atoms with E-state index < -0.39 is 10.1 Å². The van der Waals surface area contributed by atoms with Crippen LogP contribution in [-0.2, 0) is 10.1 Å². The summed E-state index contributed by atoms with van der Waals surface area (Å²) in [5.41, 5.74) is 3.54. The number of aryl methyl sites for hydroxylation is 1. The number of anilines is 1. The van der Waals surface area contributed by atoms with E-state index in [-0.39, 0.29) is 21.6 Å². The van der Waals surface area contributed by atoms with Crippen LogP contribution >= 0.6 is 11.6 Å². The molecule has 1 N–H and O–H groups in total. The van der Waals surface area contributed by atoms with Gasteiger partial charge in [0.05, 0.1) is 0 Å². The molecular weight excluding hydrogens is 494 g/mol. The third-order valence-corrected chi connectivity index (χ3v) is 7.16. The fourth-order valence-corrected chi connectivity index (χ4v) is 5.66. The van der Waals surface area contributed by atoms with E-state index in [1.54, 1.807) is 12.1 Å². The lowest BCUT2D eigenvalue weighted by Gasteiger charge is -2.34. The van der Waals surface area contributed by atoms with Crippen LogP contribution in [0.25, 0.3) is 16.9 Å². The summed E-state index contributed by atoms with van der Waals surface area (Å²) in [6, 6.07) is 16.9. The number of aromatic nitrogens is 2. The Hall–Kier alpha value is -3.03. The van der Waals surface area contributed by atoms with E-state index in [0.717, 1.165) is 34.7 Å². The highest BCUT2D eigenvalue weighted by molar-refractivity contribution is 7.87. The summed E-state index contributed by atoms with van der Waals surface area (Å²) < 4.78 is 32.7. The van der Waals surface area contributed by atoms with Gasteiger partial charge in [0.1, 0.15) is 27.8 Å². The molecule has 2 aromatic heterocycles. The Morgan fingerprint density at radius 3 is 2.22 bits per heavy atom. The van der Waals surface area contributed by atoms with Crippen molar-refractivity contribution in [3.05, 3.63) is 77.4 Å². The summed E-state index contributed by atoms with van der Waals surface area (Å²) in [7, 11) is -3.97. The van der Waals surface area contributed by atoms with Crippen LogP contribution in [0.1, 0.15) is 46.6 Å². The molecule has 0 aliphatic carbocycles. The quantitative estimate of drug-likeness (QED) is 0.255. The van der Waals surface area contributed by atoms with Crippen LogP contribution in [0.2, 0.25) is 5.02 Å². The van der Waals surface area contributed by atoms with Gasteiger partial charge in [0.2, 0.25) is 0 Å². The number of halogens is 1. The van der Waals surface area contributed by atoms with Gasteiger partial charge in [0.25, 0.3) is 0 Å². The molecule has 0 radical (unpaired) electrons. The van der Waals surface area contributed by atoms with Gasteiger partial charge >= 0.3 is 10.1 Å².